The van der Waals surface area contributed by atoms with Crippen LogP contribution in [-0.4, -0.2) is 32.2 Å². The molecule has 1 aliphatic rings. The highest BCUT2D eigenvalue weighted by molar-refractivity contribution is 7.90. The highest BCUT2D eigenvalue weighted by Crippen LogP contribution is 2.18. The summed E-state index contributed by atoms with van der Waals surface area (Å²) in [5, 5.41) is 0. The van der Waals surface area contributed by atoms with Gasteiger partial charge in [-0.25, -0.2) is 0 Å². The molecule has 1 aromatic rings. The Morgan fingerprint density at radius 1 is 1.21 bits per heavy atom. The standard InChI is InChI=1S/C14H20N2O2S/c1-3-16-11-5-4-6-14(16)15-19(17,18)13-9-7-12(2)8-10-13/h7-10H,3-6,11H2,1-2H3/b15-14+. The van der Waals surface area contributed by atoms with E-state index >= 15 is 0 Å². The highest BCUT2D eigenvalue weighted by Gasteiger charge is 2.19. The van der Waals surface area contributed by atoms with E-state index in [1.54, 1.807) is 24.3 Å². The molecular weight excluding hydrogens is 260 g/mol. The Morgan fingerprint density at radius 2 is 1.89 bits per heavy atom. The van der Waals surface area contributed by atoms with Crippen molar-refractivity contribution < 1.29 is 8.42 Å². The Labute approximate surface area is 115 Å². The Kier molecular flexibility index (Phi) is 4.24. The van der Waals surface area contributed by atoms with Crippen molar-refractivity contribution in [1.82, 2.24) is 4.90 Å². The predicted molar refractivity (Wildman–Crippen MR) is 76.9 cm³/mol. The minimum absolute atomic E-state index is 0.271. The first-order chi connectivity index (χ1) is 9.03. The summed E-state index contributed by atoms with van der Waals surface area (Å²) in [6.45, 7) is 5.67. The first kappa shape index (κ1) is 14.1. The normalized spacial score (nSPS) is 18.8. The number of rotatable bonds is 3. The lowest BCUT2D eigenvalue weighted by Gasteiger charge is -2.28. The number of likely N-dealkylation sites (tertiary alicyclic amines) is 1. The second-order valence-electron chi connectivity index (χ2n) is 4.83. The molecule has 2 rings (SSSR count). The third-order valence-electron chi connectivity index (χ3n) is 3.37. The van der Waals surface area contributed by atoms with Gasteiger partial charge in [-0.15, -0.1) is 4.40 Å². The first-order valence-corrected chi connectivity index (χ1v) is 8.12. The molecule has 0 bridgehead atoms. The van der Waals surface area contributed by atoms with Crippen LogP contribution in [0.3, 0.4) is 0 Å². The van der Waals surface area contributed by atoms with Crippen molar-refractivity contribution in [2.24, 2.45) is 4.40 Å². The number of hydrogen-bond acceptors (Lipinski definition) is 2. The van der Waals surface area contributed by atoms with Gasteiger partial charge in [0, 0.05) is 19.5 Å². The van der Waals surface area contributed by atoms with Crippen molar-refractivity contribution in [1.29, 1.82) is 0 Å². The van der Waals surface area contributed by atoms with Crippen LogP contribution in [0, 0.1) is 6.92 Å². The Hall–Kier alpha value is -1.36. The lowest BCUT2D eigenvalue weighted by molar-refractivity contribution is 0.387. The van der Waals surface area contributed by atoms with Crippen LogP contribution in [0.2, 0.25) is 0 Å². The van der Waals surface area contributed by atoms with Gasteiger partial charge < -0.3 is 4.90 Å². The largest absolute Gasteiger partial charge is 0.360 e. The summed E-state index contributed by atoms with van der Waals surface area (Å²) in [5.74, 6) is 0.703. The van der Waals surface area contributed by atoms with Gasteiger partial charge in [-0.05, 0) is 38.8 Å². The molecule has 1 aromatic carbocycles. The molecule has 0 spiro atoms. The summed E-state index contributed by atoms with van der Waals surface area (Å²) in [6.07, 6.45) is 2.87. The summed E-state index contributed by atoms with van der Waals surface area (Å²) in [5.41, 5.74) is 1.04. The zero-order valence-corrected chi connectivity index (χ0v) is 12.3. The van der Waals surface area contributed by atoms with Gasteiger partial charge in [-0.2, -0.15) is 8.42 Å². The predicted octanol–water partition coefficient (Wildman–Crippen LogP) is 2.59. The molecule has 1 fully saturated rings. The highest BCUT2D eigenvalue weighted by atomic mass is 32.2. The molecule has 0 N–H and O–H groups in total. The van der Waals surface area contributed by atoms with Gasteiger partial charge in [0.1, 0.15) is 5.84 Å². The number of sulfonamides is 1. The summed E-state index contributed by atoms with van der Waals surface area (Å²) < 4.78 is 28.6. The molecule has 5 heteroatoms. The summed E-state index contributed by atoms with van der Waals surface area (Å²) in [4.78, 5) is 2.32. The molecule has 0 atom stereocenters. The van der Waals surface area contributed by atoms with Crippen LogP contribution in [0.1, 0.15) is 31.7 Å². The third-order valence-corrected chi connectivity index (χ3v) is 4.69. The Balaban J connectivity index is 2.31. The molecule has 0 saturated carbocycles. The smallest absolute Gasteiger partial charge is 0.283 e. The minimum Gasteiger partial charge on any atom is -0.360 e. The molecule has 1 aliphatic heterocycles. The number of hydrogen-bond donors (Lipinski definition) is 0. The van der Waals surface area contributed by atoms with E-state index in [1.165, 1.54) is 0 Å². The van der Waals surface area contributed by atoms with Crippen molar-refractivity contribution in [3.63, 3.8) is 0 Å². The van der Waals surface area contributed by atoms with Crippen LogP contribution in [0.5, 0.6) is 0 Å². The average Bonchev–Trinajstić information content (AvgIpc) is 2.39. The van der Waals surface area contributed by atoms with Crippen molar-refractivity contribution in [2.75, 3.05) is 13.1 Å². The quantitative estimate of drug-likeness (QED) is 0.855. The second kappa shape index (κ2) is 5.74. The van der Waals surface area contributed by atoms with Gasteiger partial charge in [-0.1, -0.05) is 17.7 Å². The van der Waals surface area contributed by atoms with E-state index in [0.717, 1.165) is 37.9 Å². The number of nitrogens with zero attached hydrogens (tertiary/aromatic N) is 2. The number of aryl methyl sites for hydroxylation is 1. The molecule has 1 heterocycles. The fraction of sp³-hybridized carbons (Fsp3) is 0.500. The maximum atomic E-state index is 12.3. The van der Waals surface area contributed by atoms with Crippen LogP contribution in [0.15, 0.2) is 33.6 Å². The number of benzene rings is 1. The summed E-state index contributed by atoms with van der Waals surface area (Å²) >= 11 is 0. The van der Waals surface area contributed by atoms with Crippen LogP contribution < -0.4 is 0 Å². The van der Waals surface area contributed by atoms with Crippen molar-refractivity contribution in [3.05, 3.63) is 29.8 Å². The first-order valence-electron chi connectivity index (χ1n) is 6.68. The van der Waals surface area contributed by atoms with Crippen molar-refractivity contribution in [3.8, 4) is 0 Å². The van der Waals surface area contributed by atoms with E-state index in [4.69, 9.17) is 0 Å². The molecule has 0 radical (unpaired) electrons. The van der Waals surface area contributed by atoms with Crippen molar-refractivity contribution >= 4 is 15.9 Å². The van der Waals surface area contributed by atoms with Crippen LogP contribution in [0.4, 0.5) is 0 Å². The van der Waals surface area contributed by atoms with Gasteiger partial charge in [-0.3, -0.25) is 0 Å². The zero-order valence-electron chi connectivity index (χ0n) is 11.5. The number of amidine groups is 1. The molecular formula is C14H20N2O2S. The van der Waals surface area contributed by atoms with Gasteiger partial charge in [0.05, 0.1) is 4.90 Å². The van der Waals surface area contributed by atoms with E-state index in [-0.39, 0.29) is 4.90 Å². The van der Waals surface area contributed by atoms with Crippen LogP contribution in [-0.2, 0) is 10.0 Å². The van der Waals surface area contributed by atoms with E-state index in [1.807, 2.05) is 13.8 Å². The number of piperidine rings is 1. The van der Waals surface area contributed by atoms with E-state index in [2.05, 4.69) is 9.30 Å². The average molecular weight is 280 g/mol. The van der Waals surface area contributed by atoms with E-state index in [0.29, 0.717) is 5.84 Å². The molecule has 4 nitrogen and oxygen atoms in total. The third kappa shape index (κ3) is 3.35. The fourth-order valence-corrected chi connectivity index (χ4v) is 3.29. The van der Waals surface area contributed by atoms with Crippen LogP contribution in [0.25, 0.3) is 0 Å². The Morgan fingerprint density at radius 3 is 2.53 bits per heavy atom. The molecule has 19 heavy (non-hydrogen) atoms. The topological polar surface area (TPSA) is 49.7 Å². The fourth-order valence-electron chi connectivity index (χ4n) is 2.22. The summed E-state index contributed by atoms with van der Waals surface area (Å²) in [7, 11) is -3.57. The monoisotopic (exact) mass is 280 g/mol. The zero-order chi connectivity index (χ0) is 13.9. The molecule has 104 valence electrons. The lowest BCUT2D eigenvalue weighted by atomic mass is 10.1. The van der Waals surface area contributed by atoms with E-state index < -0.39 is 10.0 Å². The molecule has 0 aliphatic carbocycles. The van der Waals surface area contributed by atoms with Gasteiger partial charge in [0.2, 0.25) is 0 Å². The van der Waals surface area contributed by atoms with Gasteiger partial charge in [0.25, 0.3) is 10.0 Å². The molecule has 0 aromatic heterocycles. The van der Waals surface area contributed by atoms with E-state index in [9.17, 15) is 8.42 Å². The van der Waals surface area contributed by atoms with Gasteiger partial charge >= 0.3 is 0 Å². The maximum Gasteiger partial charge on any atom is 0.283 e. The lowest BCUT2D eigenvalue weighted by Crippen LogP contribution is -2.35. The Bertz CT molecular complexity index is 562. The maximum absolute atomic E-state index is 12.3. The molecule has 0 unspecified atom stereocenters. The molecule has 0 amide bonds. The van der Waals surface area contributed by atoms with Gasteiger partial charge in [0.15, 0.2) is 0 Å². The minimum atomic E-state index is -3.57. The summed E-state index contributed by atoms with van der Waals surface area (Å²) in [6, 6.07) is 6.83. The van der Waals surface area contributed by atoms with Crippen molar-refractivity contribution in [2.45, 2.75) is 38.0 Å². The molecule has 1 saturated heterocycles. The van der Waals surface area contributed by atoms with Crippen LogP contribution >= 0.6 is 0 Å². The second-order valence-corrected chi connectivity index (χ2v) is 6.44. The SMILES string of the molecule is CCN1CCCC/C1=N\S(=O)(=O)c1ccc(C)cc1.